The van der Waals surface area contributed by atoms with Crippen LogP contribution in [0.3, 0.4) is 0 Å². The standard InChI is InChI=1S/C22H21FN2O2S2/c23-17-9-7-16(8-10-17)14-21(26)24-11-12-25-22(27)19-5-1-2-6-20(19)29-15-18-4-3-13-28-18/h1-10,13H,11-12,14-15H2,(H,24,26)(H,25,27). The monoisotopic (exact) mass is 428 g/mol. The van der Waals surface area contributed by atoms with Gasteiger partial charge in [-0.15, -0.1) is 23.1 Å². The maximum atomic E-state index is 12.9. The van der Waals surface area contributed by atoms with Gasteiger partial charge in [0.25, 0.3) is 5.91 Å². The van der Waals surface area contributed by atoms with Crippen LogP contribution in [0.4, 0.5) is 4.39 Å². The van der Waals surface area contributed by atoms with Crippen LogP contribution < -0.4 is 10.6 Å². The molecular weight excluding hydrogens is 407 g/mol. The van der Waals surface area contributed by atoms with Crippen LogP contribution in [0.2, 0.25) is 0 Å². The van der Waals surface area contributed by atoms with E-state index in [9.17, 15) is 14.0 Å². The van der Waals surface area contributed by atoms with Crippen molar-refractivity contribution in [3.8, 4) is 0 Å². The Bertz CT molecular complexity index is 944. The summed E-state index contributed by atoms with van der Waals surface area (Å²) in [6, 6.07) is 17.4. The molecule has 0 radical (unpaired) electrons. The summed E-state index contributed by atoms with van der Waals surface area (Å²) in [6.45, 7) is 0.661. The van der Waals surface area contributed by atoms with Crippen LogP contribution in [-0.2, 0) is 17.0 Å². The molecule has 0 aliphatic carbocycles. The summed E-state index contributed by atoms with van der Waals surface area (Å²) >= 11 is 3.33. The summed E-state index contributed by atoms with van der Waals surface area (Å²) in [5.41, 5.74) is 1.37. The second kappa shape index (κ2) is 10.8. The fraction of sp³-hybridized carbons (Fsp3) is 0.182. The van der Waals surface area contributed by atoms with Crippen LogP contribution in [0, 0.1) is 5.82 Å². The van der Waals surface area contributed by atoms with Gasteiger partial charge in [0.15, 0.2) is 0 Å². The SMILES string of the molecule is O=C(Cc1ccc(F)cc1)NCCNC(=O)c1ccccc1SCc1cccs1. The van der Waals surface area contributed by atoms with Crippen molar-refractivity contribution >= 4 is 34.9 Å². The van der Waals surface area contributed by atoms with Crippen LogP contribution in [0.5, 0.6) is 0 Å². The molecule has 7 heteroatoms. The first-order valence-corrected chi connectivity index (χ1v) is 11.0. The number of carbonyl (C=O) groups excluding carboxylic acids is 2. The smallest absolute Gasteiger partial charge is 0.252 e. The van der Waals surface area contributed by atoms with Gasteiger partial charge in [-0.1, -0.05) is 30.3 Å². The largest absolute Gasteiger partial charge is 0.354 e. The molecule has 4 nitrogen and oxygen atoms in total. The van der Waals surface area contributed by atoms with Gasteiger partial charge in [-0.3, -0.25) is 9.59 Å². The minimum Gasteiger partial charge on any atom is -0.354 e. The zero-order valence-electron chi connectivity index (χ0n) is 15.7. The summed E-state index contributed by atoms with van der Waals surface area (Å²) in [7, 11) is 0. The highest BCUT2D eigenvalue weighted by Gasteiger charge is 2.11. The molecule has 0 aliphatic heterocycles. The molecule has 0 atom stereocenters. The molecule has 0 aliphatic rings. The lowest BCUT2D eigenvalue weighted by Gasteiger charge is -2.10. The van der Waals surface area contributed by atoms with Gasteiger partial charge in [0.2, 0.25) is 5.91 Å². The number of nitrogens with one attached hydrogen (secondary N) is 2. The zero-order valence-corrected chi connectivity index (χ0v) is 17.3. The van der Waals surface area contributed by atoms with Crippen molar-refractivity contribution in [2.24, 2.45) is 0 Å². The van der Waals surface area contributed by atoms with Crippen LogP contribution in [0.25, 0.3) is 0 Å². The molecule has 0 saturated carbocycles. The number of thiophene rings is 1. The van der Waals surface area contributed by atoms with Crippen molar-refractivity contribution in [2.45, 2.75) is 17.1 Å². The minimum atomic E-state index is -0.328. The summed E-state index contributed by atoms with van der Waals surface area (Å²) in [6.07, 6.45) is 0.177. The van der Waals surface area contributed by atoms with Crippen molar-refractivity contribution in [2.75, 3.05) is 13.1 Å². The lowest BCUT2D eigenvalue weighted by Crippen LogP contribution is -2.35. The average molecular weight is 429 g/mol. The first kappa shape index (κ1) is 21.1. The van der Waals surface area contributed by atoms with E-state index < -0.39 is 0 Å². The Hall–Kier alpha value is -2.64. The van der Waals surface area contributed by atoms with Gasteiger partial charge in [0.1, 0.15) is 5.82 Å². The normalized spacial score (nSPS) is 10.5. The molecule has 0 unspecified atom stereocenters. The third-order valence-corrected chi connectivity index (χ3v) is 6.27. The number of halogens is 1. The van der Waals surface area contributed by atoms with E-state index in [1.165, 1.54) is 17.0 Å². The Morgan fingerprint density at radius 2 is 1.69 bits per heavy atom. The van der Waals surface area contributed by atoms with Gasteiger partial charge in [0.05, 0.1) is 12.0 Å². The summed E-state index contributed by atoms with van der Waals surface area (Å²) in [5, 5.41) is 7.65. The summed E-state index contributed by atoms with van der Waals surface area (Å²) in [4.78, 5) is 26.7. The van der Waals surface area contributed by atoms with Gasteiger partial charge in [-0.25, -0.2) is 4.39 Å². The van der Waals surface area contributed by atoms with Crippen molar-refractivity contribution < 1.29 is 14.0 Å². The zero-order chi connectivity index (χ0) is 20.5. The van der Waals surface area contributed by atoms with E-state index >= 15 is 0 Å². The molecule has 1 aromatic heterocycles. The second-order valence-corrected chi connectivity index (χ2v) is 8.32. The Kier molecular flexibility index (Phi) is 7.84. The molecule has 2 amide bonds. The number of rotatable bonds is 9. The quantitative estimate of drug-likeness (QED) is 0.395. The molecular formula is C22H21FN2O2S2. The number of benzene rings is 2. The maximum absolute atomic E-state index is 12.9. The molecule has 0 saturated heterocycles. The van der Waals surface area contributed by atoms with E-state index in [0.29, 0.717) is 18.7 Å². The Balaban J connectivity index is 1.43. The molecule has 0 bridgehead atoms. The molecule has 0 spiro atoms. The van der Waals surface area contributed by atoms with Crippen molar-refractivity contribution in [1.29, 1.82) is 0 Å². The molecule has 2 aromatic carbocycles. The van der Waals surface area contributed by atoms with Crippen LogP contribution in [0.1, 0.15) is 20.8 Å². The Morgan fingerprint density at radius 1 is 0.931 bits per heavy atom. The van der Waals surface area contributed by atoms with Gasteiger partial charge in [0, 0.05) is 28.6 Å². The van der Waals surface area contributed by atoms with Crippen molar-refractivity contribution in [1.82, 2.24) is 10.6 Å². The van der Waals surface area contributed by atoms with Crippen molar-refractivity contribution in [3.63, 3.8) is 0 Å². The topological polar surface area (TPSA) is 58.2 Å². The fourth-order valence-corrected chi connectivity index (χ4v) is 4.47. The lowest BCUT2D eigenvalue weighted by molar-refractivity contribution is -0.120. The number of carbonyl (C=O) groups is 2. The average Bonchev–Trinajstić information content (AvgIpc) is 3.25. The minimum absolute atomic E-state index is 0.160. The van der Waals surface area contributed by atoms with E-state index in [2.05, 4.69) is 16.7 Å². The Morgan fingerprint density at radius 3 is 2.45 bits per heavy atom. The molecule has 3 aromatic rings. The van der Waals surface area contributed by atoms with E-state index in [1.807, 2.05) is 29.6 Å². The fourth-order valence-electron chi connectivity index (χ4n) is 2.65. The molecule has 29 heavy (non-hydrogen) atoms. The highest BCUT2D eigenvalue weighted by Crippen LogP contribution is 2.27. The number of thioether (sulfide) groups is 1. The molecule has 0 fully saturated rings. The molecule has 3 rings (SSSR count). The number of amides is 2. The lowest BCUT2D eigenvalue weighted by atomic mass is 10.1. The predicted octanol–water partition coefficient (Wildman–Crippen LogP) is 4.27. The first-order chi connectivity index (χ1) is 14.1. The summed E-state index contributed by atoms with van der Waals surface area (Å²) < 4.78 is 12.9. The van der Waals surface area contributed by atoms with Crippen LogP contribution >= 0.6 is 23.1 Å². The van der Waals surface area contributed by atoms with Gasteiger partial charge in [-0.05, 0) is 41.3 Å². The van der Waals surface area contributed by atoms with E-state index in [0.717, 1.165) is 16.2 Å². The van der Waals surface area contributed by atoms with Gasteiger partial charge >= 0.3 is 0 Å². The van der Waals surface area contributed by atoms with Crippen LogP contribution in [-0.4, -0.2) is 24.9 Å². The first-order valence-electron chi connectivity index (χ1n) is 9.15. The molecule has 150 valence electrons. The predicted molar refractivity (Wildman–Crippen MR) is 116 cm³/mol. The van der Waals surface area contributed by atoms with Crippen molar-refractivity contribution in [3.05, 3.63) is 87.9 Å². The Labute approximate surface area is 177 Å². The highest BCUT2D eigenvalue weighted by molar-refractivity contribution is 7.98. The van der Waals surface area contributed by atoms with Gasteiger partial charge in [-0.2, -0.15) is 0 Å². The third-order valence-electron chi connectivity index (χ3n) is 4.09. The van der Waals surface area contributed by atoms with Crippen LogP contribution in [0.15, 0.2) is 70.9 Å². The van der Waals surface area contributed by atoms with E-state index in [-0.39, 0.29) is 24.1 Å². The molecule has 2 N–H and O–H groups in total. The van der Waals surface area contributed by atoms with E-state index in [1.54, 1.807) is 41.3 Å². The summed E-state index contributed by atoms with van der Waals surface area (Å²) in [5.74, 6) is 0.164. The third kappa shape index (κ3) is 6.73. The van der Waals surface area contributed by atoms with Gasteiger partial charge < -0.3 is 10.6 Å². The number of hydrogen-bond donors (Lipinski definition) is 2. The second-order valence-electron chi connectivity index (χ2n) is 6.27. The number of hydrogen-bond acceptors (Lipinski definition) is 4. The van der Waals surface area contributed by atoms with E-state index in [4.69, 9.17) is 0 Å². The maximum Gasteiger partial charge on any atom is 0.252 e. The highest BCUT2D eigenvalue weighted by atomic mass is 32.2. The molecule has 1 heterocycles.